The van der Waals surface area contributed by atoms with Gasteiger partial charge in [0, 0.05) is 0 Å². The molecule has 1 aliphatic rings. The molecule has 0 heterocycles. The van der Waals surface area contributed by atoms with Gasteiger partial charge in [-0.15, -0.1) is 0 Å². The van der Waals surface area contributed by atoms with Gasteiger partial charge < -0.3 is 0 Å². The quantitative estimate of drug-likeness (QED) is 0.386. The van der Waals surface area contributed by atoms with Crippen molar-refractivity contribution in [2.45, 2.75) is 36.0 Å². The number of methoxy groups -OCH3 is 1. The first kappa shape index (κ1) is 23.1. The Morgan fingerprint density at radius 3 is 2.10 bits per heavy atom. The summed E-state index contributed by atoms with van der Waals surface area (Å²) >= 11 is 0.0237. The predicted molar refractivity (Wildman–Crippen MR) is 120 cm³/mol. The zero-order chi connectivity index (χ0) is 21.6. The Morgan fingerprint density at radius 2 is 1.67 bits per heavy atom. The standard InChI is InChI=1S/C24H27NO3Se2/c1-4-28-21(26)24(17-23(2,27-3)15-18(24)16-25)22(29-19-11-7-5-8-12-19)30-20-13-9-6-10-14-20/h5-14,18,22H,4,15,17H2,1-3H3/t18-,23-,24+/m1/s1. The average Bonchev–Trinajstić information content (AvgIpc) is 3.09. The minimum absolute atomic E-state index is 0.0119. The summed E-state index contributed by atoms with van der Waals surface area (Å²) in [4.78, 5) is 13.6. The Kier molecular flexibility index (Phi) is 7.80. The summed E-state index contributed by atoms with van der Waals surface area (Å²) < 4.78 is 14.0. The summed E-state index contributed by atoms with van der Waals surface area (Å²) in [5.41, 5.74) is -1.37. The normalized spacial score (nSPS) is 25.8. The van der Waals surface area contributed by atoms with E-state index < -0.39 is 16.9 Å². The molecule has 4 nitrogen and oxygen atoms in total. The van der Waals surface area contributed by atoms with Gasteiger partial charge in [0.2, 0.25) is 0 Å². The van der Waals surface area contributed by atoms with Crippen molar-refractivity contribution in [2.24, 2.45) is 11.3 Å². The molecule has 0 aromatic heterocycles. The number of carbonyl (C=O) groups excluding carboxylic acids is 1. The molecule has 0 spiro atoms. The number of ether oxygens (including phenoxy) is 2. The van der Waals surface area contributed by atoms with Crippen molar-refractivity contribution in [1.82, 2.24) is 0 Å². The van der Waals surface area contributed by atoms with Crippen molar-refractivity contribution in [3.8, 4) is 6.07 Å². The maximum atomic E-state index is 13.6. The van der Waals surface area contributed by atoms with Gasteiger partial charge in [-0.25, -0.2) is 0 Å². The van der Waals surface area contributed by atoms with Crippen LogP contribution in [-0.2, 0) is 14.3 Å². The van der Waals surface area contributed by atoms with Crippen LogP contribution in [0.4, 0.5) is 0 Å². The van der Waals surface area contributed by atoms with E-state index in [1.165, 1.54) is 8.92 Å². The third-order valence-electron chi connectivity index (χ3n) is 5.62. The molecular formula is C24H27NO3Se2. The number of esters is 1. The number of carbonyl (C=O) groups is 1. The molecule has 1 aliphatic carbocycles. The van der Waals surface area contributed by atoms with Crippen LogP contribution in [0, 0.1) is 22.7 Å². The third kappa shape index (κ3) is 4.83. The Labute approximate surface area is 191 Å². The van der Waals surface area contributed by atoms with Crippen molar-refractivity contribution in [3.05, 3.63) is 60.7 Å². The fourth-order valence-corrected chi connectivity index (χ4v) is 11.8. The van der Waals surface area contributed by atoms with Crippen LogP contribution in [0.25, 0.3) is 0 Å². The van der Waals surface area contributed by atoms with E-state index in [9.17, 15) is 10.1 Å². The number of benzene rings is 2. The van der Waals surface area contributed by atoms with Gasteiger partial charge in [-0.1, -0.05) is 0 Å². The van der Waals surface area contributed by atoms with Crippen molar-refractivity contribution >= 4 is 44.8 Å². The van der Waals surface area contributed by atoms with Gasteiger partial charge in [-0.3, -0.25) is 0 Å². The van der Waals surface area contributed by atoms with Gasteiger partial charge in [0.15, 0.2) is 0 Å². The molecule has 2 aromatic rings. The second kappa shape index (κ2) is 10.1. The topological polar surface area (TPSA) is 59.3 Å². The van der Waals surface area contributed by atoms with Crippen LogP contribution in [0.5, 0.6) is 0 Å². The molecule has 0 N–H and O–H groups in total. The van der Waals surface area contributed by atoms with Gasteiger partial charge in [0.05, 0.1) is 0 Å². The zero-order valence-electron chi connectivity index (χ0n) is 17.5. The number of nitriles is 1. The molecule has 1 saturated carbocycles. The summed E-state index contributed by atoms with van der Waals surface area (Å²) in [6.07, 6.45) is 1.06. The van der Waals surface area contributed by atoms with Gasteiger partial charge in [-0.2, -0.15) is 0 Å². The van der Waals surface area contributed by atoms with E-state index in [0.717, 1.165) is 0 Å². The first-order chi connectivity index (χ1) is 14.5. The predicted octanol–water partition coefficient (Wildman–Crippen LogP) is 2.68. The number of hydrogen-bond acceptors (Lipinski definition) is 4. The average molecular weight is 535 g/mol. The molecule has 2 aromatic carbocycles. The first-order valence-electron chi connectivity index (χ1n) is 10.0. The van der Waals surface area contributed by atoms with Crippen LogP contribution in [0.3, 0.4) is 0 Å². The van der Waals surface area contributed by atoms with Crippen LogP contribution >= 0.6 is 0 Å². The molecule has 0 saturated heterocycles. The molecule has 0 radical (unpaired) electrons. The molecule has 3 rings (SSSR count). The molecule has 0 aliphatic heterocycles. The monoisotopic (exact) mass is 537 g/mol. The van der Waals surface area contributed by atoms with Crippen LogP contribution in [-0.4, -0.2) is 55.2 Å². The second-order valence-corrected chi connectivity index (χ2v) is 14.1. The summed E-state index contributed by atoms with van der Waals surface area (Å²) in [7, 11) is 1.68. The van der Waals surface area contributed by atoms with E-state index in [0.29, 0.717) is 19.4 Å². The second-order valence-electron chi connectivity index (χ2n) is 7.67. The number of hydrogen-bond donors (Lipinski definition) is 0. The van der Waals surface area contributed by atoms with E-state index >= 15 is 0 Å². The van der Waals surface area contributed by atoms with Gasteiger partial charge in [-0.05, 0) is 0 Å². The molecule has 1 fully saturated rings. The molecular weight excluding hydrogens is 508 g/mol. The fraction of sp³-hybridized carbons (Fsp3) is 0.417. The van der Waals surface area contributed by atoms with Gasteiger partial charge >= 0.3 is 192 Å². The molecule has 158 valence electrons. The molecule has 3 atom stereocenters. The van der Waals surface area contributed by atoms with Crippen molar-refractivity contribution in [3.63, 3.8) is 0 Å². The minimum atomic E-state index is -0.860. The van der Waals surface area contributed by atoms with E-state index in [-0.39, 0.29) is 39.6 Å². The third-order valence-corrected chi connectivity index (χ3v) is 12.7. The Bertz CT molecular complexity index is 845. The molecule has 0 bridgehead atoms. The summed E-state index contributed by atoms with van der Waals surface area (Å²) in [6, 6.07) is 23.1. The molecule has 0 amide bonds. The van der Waals surface area contributed by atoms with Gasteiger partial charge in [0.25, 0.3) is 0 Å². The fourth-order valence-electron chi connectivity index (χ4n) is 4.05. The van der Waals surface area contributed by atoms with E-state index in [2.05, 4.69) is 30.3 Å². The van der Waals surface area contributed by atoms with Crippen molar-refractivity contribution < 1.29 is 14.3 Å². The van der Waals surface area contributed by atoms with Crippen LogP contribution in [0.15, 0.2) is 60.7 Å². The van der Waals surface area contributed by atoms with E-state index in [4.69, 9.17) is 9.47 Å². The van der Waals surface area contributed by atoms with Crippen LogP contribution in [0.2, 0.25) is 3.71 Å². The molecule has 6 heteroatoms. The number of nitrogens with zero attached hydrogens (tertiary/aromatic N) is 1. The Balaban J connectivity index is 2.10. The maximum absolute atomic E-state index is 13.6. The summed E-state index contributed by atoms with van der Waals surface area (Å²) in [5, 5.41) is 10.1. The number of rotatable bonds is 8. The van der Waals surface area contributed by atoms with Gasteiger partial charge in [0.1, 0.15) is 0 Å². The first-order valence-corrected chi connectivity index (χ1v) is 13.7. The van der Waals surface area contributed by atoms with Crippen molar-refractivity contribution in [2.75, 3.05) is 13.7 Å². The SMILES string of the molecule is CCOC(=O)[C@]1(C([Se]c2ccccc2)[Se]c2ccccc2)C[C@](C)(OC)C[C@@H]1C#N. The summed E-state index contributed by atoms with van der Waals surface area (Å²) in [5.74, 6) is -0.666. The summed E-state index contributed by atoms with van der Waals surface area (Å²) in [6.45, 7) is 4.16. The van der Waals surface area contributed by atoms with Crippen molar-refractivity contribution in [1.29, 1.82) is 5.26 Å². The van der Waals surface area contributed by atoms with E-state index in [1.54, 1.807) is 7.11 Å². The van der Waals surface area contributed by atoms with E-state index in [1.807, 2.05) is 50.2 Å². The zero-order valence-corrected chi connectivity index (χ0v) is 21.0. The molecule has 30 heavy (non-hydrogen) atoms. The van der Waals surface area contributed by atoms with Crippen LogP contribution < -0.4 is 8.92 Å². The molecule has 0 unspecified atom stereocenters. The van der Waals surface area contributed by atoms with Crippen LogP contribution in [0.1, 0.15) is 26.7 Å². The Hall–Kier alpha value is -1.60. The Morgan fingerprint density at radius 1 is 1.13 bits per heavy atom.